The van der Waals surface area contributed by atoms with Gasteiger partial charge in [-0.1, -0.05) is 17.4 Å². The average molecular weight is 486 g/mol. The number of hydrogen-bond donors (Lipinski definition) is 3. The van der Waals surface area contributed by atoms with Gasteiger partial charge in [-0.25, -0.2) is 8.78 Å². The van der Waals surface area contributed by atoms with E-state index < -0.39 is 11.6 Å². The number of benzene rings is 3. The van der Waals surface area contributed by atoms with E-state index in [0.717, 1.165) is 43.8 Å². The van der Waals surface area contributed by atoms with Crippen LogP contribution in [0.3, 0.4) is 0 Å². The molecule has 0 aliphatic rings. The summed E-state index contributed by atoms with van der Waals surface area (Å²) in [5, 5.41) is 15.6. The van der Waals surface area contributed by atoms with E-state index in [1.54, 1.807) is 6.20 Å². The van der Waals surface area contributed by atoms with Crippen LogP contribution in [0.2, 0.25) is 0 Å². The van der Waals surface area contributed by atoms with Gasteiger partial charge in [-0.3, -0.25) is 0 Å². The quantitative estimate of drug-likeness (QED) is 0.239. The van der Waals surface area contributed by atoms with Crippen molar-refractivity contribution in [2.24, 2.45) is 0 Å². The number of nitrogens with zero attached hydrogens (tertiary/aromatic N) is 2. The molecule has 3 N–H and O–H groups in total. The van der Waals surface area contributed by atoms with Crippen molar-refractivity contribution in [1.29, 1.82) is 0 Å². The van der Waals surface area contributed by atoms with Crippen LogP contribution in [0.15, 0.2) is 60.8 Å². The first-order chi connectivity index (χ1) is 17.0. The van der Waals surface area contributed by atoms with Crippen LogP contribution in [0.5, 0.6) is 0 Å². The Morgan fingerprint density at radius 1 is 0.886 bits per heavy atom. The topological polar surface area (TPSA) is 69.4 Å². The molecule has 6 rings (SSSR count). The van der Waals surface area contributed by atoms with Crippen LogP contribution in [0.1, 0.15) is 16.8 Å². The highest BCUT2D eigenvalue weighted by molar-refractivity contribution is 7.18. The number of anilines is 1. The molecule has 0 radical (unpaired) electrons. The predicted molar refractivity (Wildman–Crippen MR) is 138 cm³/mol. The van der Waals surface area contributed by atoms with Gasteiger partial charge < -0.3 is 15.3 Å². The number of halogens is 2. The minimum absolute atomic E-state index is 0.347. The molecular weight excluding hydrogens is 464 g/mol. The number of aryl methyl sites for hydroxylation is 2. The number of aromatic amines is 2. The SMILES string of the molecule is Cc1[nH]c2ccc(CNc3nnc(-c4ccc5[nH]cc(-c6ccc(F)cc6F)c5c4)s3)cc2c1C. The van der Waals surface area contributed by atoms with Gasteiger partial charge in [0.05, 0.1) is 0 Å². The molecule has 0 atom stereocenters. The van der Waals surface area contributed by atoms with Crippen molar-refractivity contribution in [1.82, 2.24) is 20.2 Å². The van der Waals surface area contributed by atoms with Gasteiger partial charge in [0.25, 0.3) is 0 Å². The summed E-state index contributed by atoms with van der Waals surface area (Å²) in [6.45, 7) is 4.85. The first kappa shape index (κ1) is 21.5. The Labute approximate surface area is 203 Å². The molecule has 0 bridgehead atoms. The highest BCUT2D eigenvalue weighted by Crippen LogP contribution is 2.35. The van der Waals surface area contributed by atoms with Crippen molar-refractivity contribution in [2.45, 2.75) is 20.4 Å². The van der Waals surface area contributed by atoms with E-state index in [9.17, 15) is 8.78 Å². The minimum atomic E-state index is -0.598. The molecule has 0 saturated carbocycles. The third-order valence-electron chi connectivity index (χ3n) is 6.39. The lowest BCUT2D eigenvalue weighted by atomic mass is 10.0. The molecule has 174 valence electrons. The second-order valence-corrected chi connectivity index (χ2v) is 9.59. The van der Waals surface area contributed by atoms with Gasteiger partial charge in [0.2, 0.25) is 5.13 Å². The highest BCUT2D eigenvalue weighted by Gasteiger charge is 2.14. The first-order valence-electron chi connectivity index (χ1n) is 11.2. The van der Waals surface area contributed by atoms with E-state index in [2.05, 4.69) is 57.5 Å². The normalized spacial score (nSPS) is 11.5. The number of fused-ring (bicyclic) bond motifs is 2. The zero-order valence-electron chi connectivity index (χ0n) is 19.0. The van der Waals surface area contributed by atoms with Crippen LogP contribution in [0, 0.1) is 25.5 Å². The Hall–Kier alpha value is -4.04. The summed E-state index contributed by atoms with van der Waals surface area (Å²) in [5.41, 5.74) is 7.51. The van der Waals surface area contributed by atoms with Crippen molar-refractivity contribution in [3.63, 3.8) is 0 Å². The maximum absolute atomic E-state index is 14.4. The monoisotopic (exact) mass is 485 g/mol. The number of hydrogen-bond acceptors (Lipinski definition) is 4. The van der Waals surface area contributed by atoms with Gasteiger partial charge in [0.1, 0.15) is 16.6 Å². The summed E-state index contributed by atoms with van der Waals surface area (Å²) in [6.07, 6.45) is 1.74. The summed E-state index contributed by atoms with van der Waals surface area (Å²) < 4.78 is 27.8. The van der Waals surface area contributed by atoms with Crippen molar-refractivity contribution in [2.75, 3.05) is 5.32 Å². The lowest BCUT2D eigenvalue weighted by molar-refractivity contribution is 0.585. The summed E-state index contributed by atoms with van der Waals surface area (Å²) in [6, 6.07) is 15.9. The molecule has 0 fully saturated rings. The largest absolute Gasteiger partial charge is 0.361 e. The molecular formula is C27H21F2N5S. The molecule has 0 amide bonds. The van der Waals surface area contributed by atoms with Crippen molar-refractivity contribution >= 4 is 38.3 Å². The molecule has 0 unspecified atom stereocenters. The molecule has 0 spiro atoms. The molecule has 6 aromatic rings. The maximum Gasteiger partial charge on any atom is 0.206 e. The standard InChI is InChI=1S/C27H21F2N5S/c1-14-15(2)32-25-7-3-16(9-20(14)25)12-31-27-34-33-26(35-27)17-4-8-24-21(10-17)22(13-30-24)19-6-5-18(28)11-23(19)29/h3-11,13,30,32H,12H2,1-2H3,(H,31,34). The lowest BCUT2D eigenvalue weighted by Gasteiger charge is -2.04. The summed E-state index contributed by atoms with van der Waals surface area (Å²) in [5.74, 6) is -1.19. The van der Waals surface area contributed by atoms with E-state index in [1.807, 2.05) is 18.2 Å². The van der Waals surface area contributed by atoms with Gasteiger partial charge in [-0.15, -0.1) is 10.2 Å². The van der Waals surface area contributed by atoms with E-state index >= 15 is 0 Å². The van der Waals surface area contributed by atoms with Crippen molar-refractivity contribution in [3.05, 3.63) is 89.2 Å². The Kier molecular flexibility index (Phi) is 5.11. The Balaban J connectivity index is 1.26. The number of H-pyrrole nitrogens is 2. The molecule has 0 saturated heterocycles. The Morgan fingerprint density at radius 3 is 2.60 bits per heavy atom. The molecule has 35 heavy (non-hydrogen) atoms. The van der Waals surface area contributed by atoms with Crippen LogP contribution >= 0.6 is 11.3 Å². The third-order valence-corrected chi connectivity index (χ3v) is 7.32. The Morgan fingerprint density at radius 2 is 1.74 bits per heavy atom. The highest BCUT2D eigenvalue weighted by atomic mass is 32.1. The predicted octanol–water partition coefficient (Wildman–Crippen LogP) is 7.34. The zero-order chi connectivity index (χ0) is 24.1. The molecule has 8 heteroatoms. The molecule has 3 aromatic carbocycles. The molecule has 0 aliphatic heterocycles. The van der Waals surface area contributed by atoms with E-state index in [-0.39, 0.29) is 0 Å². The van der Waals surface area contributed by atoms with Crippen LogP contribution in [0.25, 0.3) is 43.5 Å². The average Bonchev–Trinajstić information content (AvgIpc) is 3.56. The minimum Gasteiger partial charge on any atom is -0.361 e. The number of rotatable bonds is 5. The molecule has 5 nitrogen and oxygen atoms in total. The smallest absolute Gasteiger partial charge is 0.206 e. The fraction of sp³-hybridized carbons (Fsp3) is 0.111. The van der Waals surface area contributed by atoms with Crippen LogP contribution in [-0.2, 0) is 6.54 Å². The summed E-state index contributed by atoms with van der Waals surface area (Å²) in [7, 11) is 0. The lowest BCUT2D eigenvalue weighted by Crippen LogP contribution is -1.98. The second-order valence-electron chi connectivity index (χ2n) is 8.61. The van der Waals surface area contributed by atoms with Crippen LogP contribution < -0.4 is 5.32 Å². The Bertz CT molecular complexity index is 1710. The van der Waals surface area contributed by atoms with E-state index in [1.165, 1.54) is 40.1 Å². The number of nitrogens with one attached hydrogen (secondary N) is 3. The summed E-state index contributed by atoms with van der Waals surface area (Å²) in [4.78, 5) is 6.56. The van der Waals surface area contributed by atoms with Crippen LogP contribution in [-0.4, -0.2) is 20.2 Å². The molecule has 3 heterocycles. The van der Waals surface area contributed by atoms with Crippen molar-refractivity contribution < 1.29 is 8.78 Å². The molecule has 0 aliphatic carbocycles. The first-order valence-corrected chi connectivity index (χ1v) is 12.0. The molecule has 3 aromatic heterocycles. The number of aromatic nitrogens is 4. The fourth-order valence-corrected chi connectivity index (χ4v) is 5.13. The van der Waals surface area contributed by atoms with E-state index in [4.69, 9.17) is 0 Å². The van der Waals surface area contributed by atoms with Gasteiger partial charge in [0.15, 0.2) is 0 Å². The second kappa shape index (κ2) is 8.32. The van der Waals surface area contributed by atoms with Gasteiger partial charge >= 0.3 is 0 Å². The van der Waals surface area contributed by atoms with Crippen molar-refractivity contribution in [3.8, 4) is 21.7 Å². The third kappa shape index (κ3) is 3.85. The summed E-state index contributed by atoms with van der Waals surface area (Å²) >= 11 is 1.46. The maximum atomic E-state index is 14.4. The van der Waals surface area contributed by atoms with E-state index in [0.29, 0.717) is 17.7 Å². The van der Waals surface area contributed by atoms with Crippen LogP contribution in [0.4, 0.5) is 13.9 Å². The van der Waals surface area contributed by atoms with Gasteiger partial charge in [-0.2, -0.15) is 0 Å². The van der Waals surface area contributed by atoms with Gasteiger partial charge in [-0.05, 0) is 67.4 Å². The fourth-order valence-electron chi connectivity index (χ4n) is 4.39. The van der Waals surface area contributed by atoms with Gasteiger partial charge in [0, 0.05) is 63.0 Å². The zero-order valence-corrected chi connectivity index (χ0v) is 19.9.